The van der Waals surface area contributed by atoms with E-state index in [0.29, 0.717) is 23.3 Å². The van der Waals surface area contributed by atoms with Crippen LogP contribution in [0.25, 0.3) is 0 Å². The van der Waals surface area contributed by atoms with E-state index in [4.69, 9.17) is 11.5 Å². The highest BCUT2D eigenvalue weighted by atomic mass is 14.7. The molecule has 3 atom stereocenters. The third kappa shape index (κ3) is 1.99. The highest BCUT2D eigenvalue weighted by Crippen LogP contribution is 2.40. The molecule has 0 spiro atoms. The summed E-state index contributed by atoms with van der Waals surface area (Å²) in [6.07, 6.45) is 2.38. The molecule has 1 saturated carbocycles. The first-order chi connectivity index (χ1) is 5.46. The molecule has 0 aromatic rings. The van der Waals surface area contributed by atoms with Gasteiger partial charge in [-0.3, -0.25) is 0 Å². The number of nitrogens with two attached hydrogens (primary N) is 2. The molecule has 0 saturated heterocycles. The quantitative estimate of drug-likeness (QED) is 0.624. The summed E-state index contributed by atoms with van der Waals surface area (Å²) in [5.41, 5.74) is 12.2. The fourth-order valence-corrected chi connectivity index (χ4v) is 2.45. The Bertz CT molecular complexity index is 154. The fraction of sp³-hybridized carbons (Fsp3) is 1.00. The van der Waals surface area contributed by atoms with Crippen molar-refractivity contribution < 1.29 is 0 Å². The molecular weight excluding hydrogens is 148 g/mol. The SMILES string of the molecule is CC1C(N)CC(C)(C)CC1CN. The molecule has 1 aliphatic carbocycles. The molecule has 1 aliphatic rings. The van der Waals surface area contributed by atoms with Crippen LogP contribution in [-0.2, 0) is 0 Å². The summed E-state index contributed by atoms with van der Waals surface area (Å²) in [5.74, 6) is 1.23. The highest BCUT2D eigenvalue weighted by Gasteiger charge is 2.36. The minimum Gasteiger partial charge on any atom is -0.330 e. The maximum Gasteiger partial charge on any atom is 0.00727 e. The molecule has 0 aromatic heterocycles. The lowest BCUT2D eigenvalue weighted by atomic mass is 9.65. The minimum atomic E-state index is 0.349. The van der Waals surface area contributed by atoms with Crippen molar-refractivity contribution in [1.29, 1.82) is 0 Å². The molecule has 2 heteroatoms. The first kappa shape index (κ1) is 10.0. The van der Waals surface area contributed by atoms with Gasteiger partial charge in [-0.2, -0.15) is 0 Å². The van der Waals surface area contributed by atoms with Gasteiger partial charge in [-0.15, -0.1) is 0 Å². The molecule has 72 valence electrons. The molecule has 1 rings (SSSR count). The molecule has 2 nitrogen and oxygen atoms in total. The smallest absolute Gasteiger partial charge is 0.00727 e. The van der Waals surface area contributed by atoms with Gasteiger partial charge >= 0.3 is 0 Å². The zero-order valence-electron chi connectivity index (χ0n) is 8.51. The number of hydrogen-bond donors (Lipinski definition) is 2. The second-order valence-electron chi connectivity index (χ2n) is 5.09. The van der Waals surface area contributed by atoms with Crippen LogP contribution < -0.4 is 11.5 Å². The van der Waals surface area contributed by atoms with Crippen molar-refractivity contribution in [2.24, 2.45) is 28.7 Å². The van der Waals surface area contributed by atoms with Crippen LogP contribution in [0, 0.1) is 17.3 Å². The van der Waals surface area contributed by atoms with Crippen LogP contribution in [0.15, 0.2) is 0 Å². The van der Waals surface area contributed by atoms with Crippen LogP contribution in [0.2, 0.25) is 0 Å². The lowest BCUT2D eigenvalue weighted by molar-refractivity contribution is 0.110. The monoisotopic (exact) mass is 170 g/mol. The van der Waals surface area contributed by atoms with Crippen molar-refractivity contribution in [1.82, 2.24) is 0 Å². The summed E-state index contributed by atoms with van der Waals surface area (Å²) in [6.45, 7) is 7.61. The van der Waals surface area contributed by atoms with Gasteiger partial charge < -0.3 is 11.5 Å². The van der Waals surface area contributed by atoms with E-state index in [1.165, 1.54) is 6.42 Å². The molecule has 0 aromatic carbocycles. The first-order valence-electron chi connectivity index (χ1n) is 4.92. The van der Waals surface area contributed by atoms with E-state index in [1.807, 2.05) is 0 Å². The molecule has 0 aliphatic heterocycles. The minimum absolute atomic E-state index is 0.349. The Hall–Kier alpha value is -0.0800. The second-order valence-corrected chi connectivity index (χ2v) is 5.09. The van der Waals surface area contributed by atoms with Crippen molar-refractivity contribution >= 4 is 0 Å². The Morgan fingerprint density at radius 1 is 1.33 bits per heavy atom. The molecule has 3 unspecified atom stereocenters. The topological polar surface area (TPSA) is 52.0 Å². The molecular formula is C10H22N2. The van der Waals surface area contributed by atoms with Gasteiger partial charge in [-0.1, -0.05) is 20.8 Å². The van der Waals surface area contributed by atoms with Gasteiger partial charge in [0.1, 0.15) is 0 Å². The normalized spacial score (nSPS) is 41.2. The van der Waals surface area contributed by atoms with Crippen molar-refractivity contribution in [2.45, 2.75) is 39.7 Å². The van der Waals surface area contributed by atoms with Gasteiger partial charge in [-0.05, 0) is 36.6 Å². The summed E-state index contributed by atoms with van der Waals surface area (Å²) in [4.78, 5) is 0. The molecule has 12 heavy (non-hydrogen) atoms. The standard InChI is InChI=1S/C10H22N2/c1-7-8(6-11)4-10(2,3)5-9(7)12/h7-9H,4-6,11-12H2,1-3H3. The van der Waals surface area contributed by atoms with Crippen LogP contribution in [0.4, 0.5) is 0 Å². The fourth-order valence-electron chi connectivity index (χ4n) is 2.45. The van der Waals surface area contributed by atoms with Crippen molar-refractivity contribution in [3.8, 4) is 0 Å². The molecule has 0 amide bonds. The van der Waals surface area contributed by atoms with Crippen LogP contribution in [-0.4, -0.2) is 12.6 Å². The van der Waals surface area contributed by atoms with Gasteiger partial charge in [0, 0.05) is 6.04 Å². The van der Waals surface area contributed by atoms with E-state index >= 15 is 0 Å². The van der Waals surface area contributed by atoms with E-state index in [2.05, 4.69) is 20.8 Å². The Labute approximate surface area is 75.7 Å². The van der Waals surface area contributed by atoms with E-state index in [9.17, 15) is 0 Å². The van der Waals surface area contributed by atoms with Gasteiger partial charge in [0.15, 0.2) is 0 Å². The maximum absolute atomic E-state index is 6.06. The third-order valence-electron chi connectivity index (χ3n) is 3.32. The molecule has 0 bridgehead atoms. The van der Waals surface area contributed by atoms with Crippen molar-refractivity contribution in [2.75, 3.05) is 6.54 Å². The van der Waals surface area contributed by atoms with Gasteiger partial charge in [-0.25, -0.2) is 0 Å². The highest BCUT2D eigenvalue weighted by molar-refractivity contribution is 4.90. The Morgan fingerprint density at radius 2 is 1.92 bits per heavy atom. The summed E-state index contributed by atoms with van der Waals surface area (Å²) in [6, 6.07) is 0.349. The lowest BCUT2D eigenvalue weighted by Crippen LogP contribution is -2.45. The van der Waals surface area contributed by atoms with E-state index in [1.54, 1.807) is 0 Å². The third-order valence-corrected chi connectivity index (χ3v) is 3.32. The Morgan fingerprint density at radius 3 is 2.42 bits per heavy atom. The van der Waals surface area contributed by atoms with Gasteiger partial charge in [0.05, 0.1) is 0 Å². The van der Waals surface area contributed by atoms with Gasteiger partial charge in [0.25, 0.3) is 0 Å². The summed E-state index contributed by atoms with van der Waals surface area (Å²) in [5, 5.41) is 0. The predicted octanol–water partition coefficient (Wildman–Crippen LogP) is 1.34. The molecule has 0 radical (unpaired) electrons. The summed E-state index contributed by atoms with van der Waals surface area (Å²) in [7, 11) is 0. The van der Waals surface area contributed by atoms with E-state index in [-0.39, 0.29) is 0 Å². The lowest BCUT2D eigenvalue weighted by Gasteiger charge is -2.43. The second kappa shape index (κ2) is 3.35. The predicted molar refractivity (Wildman–Crippen MR) is 52.7 cm³/mol. The average molecular weight is 170 g/mol. The van der Waals surface area contributed by atoms with Gasteiger partial charge in [0.2, 0.25) is 0 Å². The zero-order chi connectivity index (χ0) is 9.35. The molecule has 1 fully saturated rings. The van der Waals surface area contributed by atoms with Crippen molar-refractivity contribution in [3.05, 3.63) is 0 Å². The van der Waals surface area contributed by atoms with Crippen molar-refractivity contribution in [3.63, 3.8) is 0 Å². The van der Waals surface area contributed by atoms with Crippen LogP contribution >= 0.6 is 0 Å². The van der Waals surface area contributed by atoms with Crippen LogP contribution in [0.1, 0.15) is 33.6 Å². The Kier molecular flexibility index (Phi) is 2.79. The average Bonchev–Trinajstić information content (AvgIpc) is 1.96. The molecule has 0 heterocycles. The Balaban J connectivity index is 2.65. The first-order valence-corrected chi connectivity index (χ1v) is 4.92. The largest absolute Gasteiger partial charge is 0.330 e. The summed E-state index contributed by atoms with van der Waals surface area (Å²) >= 11 is 0. The maximum atomic E-state index is 6.06. The van der Waals surface area contributed by atoms with Crippen LogP contribution in [0.3, 0.4) is 0 Å². The number of hydrogen-bond acceptors (Lipinski definition) is 2. The zero-order valence-corrected chi connectivity index (χ0v) is 8.51. The summed E-state index contributed by atoms with van der Waals surface area (Å²) < 4.78 is 0. The number of rotatable bonds is 1. The van der Waals surface area contributed by atoms with Crippen LogP contribution in [0.5, 0.6) is 0 Å². The van der Waals surface area contributed by atoms with E-state index in [0.717, 1.165) is 13.0 Å². The van der Waals surface area contributed by atoms with E-state index < -0.39 is 0 Å². The molecule has 4 N–H and O–H groups in total.